The molecule has 0 amide bonds. The zero-order valence-electron chi connectivity index (χ0n) is 21.5. The molecule has 5 rings (SSSR count). The smallest absolute Gasteiger partial charge is 0.251 e. The third-order valence-corrected chi connectivity index (χ3v) is 7.91. The van der Waals surface area contributed by atoms with E-state index in [1.807, 2.05) is 0 Å². The number of phenols is 1. The summed E-state index contributed by atoms with van der Waals surface area (Å²) in [4.78, 5) is 18.5. The van der Waals surface area contributed by atoms with Crippen molar-refractivity contribution in [3.63, 3.8) is 0 Å². The molecule has 2 saturated carbocycles. The lowest BCUT2D eigenvalue weighted by atomic mass is 9.69. The average molecular weight is 510 g/mol. The Hall–Kier alpha value is -3.36. The van der Waals surface area contributed by atoms with Crippen LogP contribution in [0.5, 0.6) is 5.75 Å². The molecule has 3 aromatic rings. The van der Waals surface area contributed by atoms with Crippen LogP contribution < -0.4 is 10.5 Å². The summed E-state index contributed by atoms with van der Waals surface area (Å²) in [5, 5.41) is 19.3. The van der Waals surface area contributed by atoms with Gasteiger partial charge in [-0.15, -0.1) is 10.2 Å². The quantitative estimate of drug-likeness (QED) is 0.458. The number of rotatable bonds is 7. The molecule has 9 heteroatoms. The topological polar surface area (TPSA) is 84.1 Å². The minimum Gasteiger partial charge on any atom is -0.507 e. The van der Waals surface area contributed by atoms with E-state index in [4.69, 9.17) is 0 Å². The first-order valence-electron chi connectivity index (χ1n) is 13.0. The molecule has 0 saturated heterocycles. The van der Waals surface area contributed by atoms with Crippen molar-refractivity contribution < 1.29 is 13.9 Å². The molecule has 2 fully saturated rings. The van der Waals surface area contributed by atoms with Gasteiger partial charge in [-0.2, -0.15) is 0 Å². The van der Waals surface area contributed by atoms with Gasteiger partial charge in [-0.1, -0.05) is 32.8 Å². The van der Waals surface area contributed by atoms with Crippen molar-refractivity contribution in [3.05, 3.63) is 52.8 Å². The Kier molecular flexibility index (Phi) is 6.72. The van der Waals surface area contributed by atoms with Gasteiger partial charge < -0.3 is 14.6 Å². The van der Waals surface area contributed by atoms with E-state index in [2.05, 4.69) is 33.9 Å². The molecule has 7 nitrogen and oxygen atoms in total. The van der Waals surface area contributed by atoms with Crippen LogP contribution in [0.15, 0.2) is 41.5 Å². The highest BCUT2D eigenvalue weighted by molar-refractivity contribution is 5.73. The second-order valence-electron chi connectivity index (χ2n) is 10.8. The van der Waals surface area contributed by atoms with Crippen molar-refractivity contribution in [2.45, 2.75) is 77.0 Å². The Bertz CT molecular complexity index is 1340. The minimum absolute atomic E-state index is 0.0998. The second-order valence-corrected chi connectivity index (χ2v) is 10.8. The van der Waals surface area contributed by atoms with Crippen molar-refractivity contribution in [1.29, 1.82) is 0 Å². The van der Waals surface area contributed by atoms with E-state index in [1.165, 1.54) is 19.2 Å². The summed E-state index contributed by atoms with van der Waals surface area (Å²) in [6.07, 6.45) is 8.25. The van der Waals surface area contributed by atoms with Gasteiger partial charge >= 0.3 is 0 Å². The summed E-state index contributed by atoms with van der Waals surface area (Å²) in [6, 6.07) is 5.75. The maximum atomic E-state index is 15.9. The summed E-state index contributed by atoms with van der Waals surface area (Å²) in [5.74, 6) is 0.0421. The SMILES string of the molecule is CCC[C@]1(C)CCC[C@H](N(c2cnc(-c3ccc(-c4cc(=O)n(C)cc4F)cc3O)nn2)C2CC2)[C@@H]1F. The molecule has 196 valence electrons. The molecule has 0 aliphatic heterocycles. The second kappa shape index (κ2) is 9.84. The van der Waals surface area contributed by atoms with E-state index in [1.54, 1.807) is 18.3 Å². The fourth-order valence-electron chi connectivity index (χ4n) is 5.78. The van der Waals surface area contributed by atoms with E-state index in [0.717, 1.165) is 55.7 Å². The lowest BCUT2D eigenvalue weighted by molar-refractivity contribution is 0.0423. The van der Waals surface area contributed by atoms with Crippen LogP contribution in [-0.2, 0) is 7.05 Å². The molecule has 0 unspecified atom stereocenters. The van der Waals surface area contributed by atoms with Crippen LogP contribution >= 0.6 is 0 Å². The Morgan fingerprint density at radius 1 is 1.19 bits per heavy atom. The molecule has 0 spiro atoms. The predicted molar refractivity (Wildman–Crippen MR) is 139 cm³/mol. The lowest BCUT2D eigenvalue weighted by Gasteiger charge is -2.46. The third kappa shape index (κ3) is 4.83. The van der Waals surface area contributed by atoms with E-state index in [9.17, 15) is 14.3 Å². The van der Waals surface area contributed by atoms with Gasteiger partial charge in [-0.3, -0.25) is 4.79 Å². The molecule has 3 atom stereocenters. The molecule has 2 aliphatic carbocycles. The highest BCUT2D eigenvalue weighted by Gasteiger charge is 2.48. The Morgan fingerprint density at radius 2 is 1.97 bits per heavy atom. The van der Waals surface area contributed by atoms with Gasteiger partial charge in [-0.25, -0.2) is 13.8 Å². The zero-order chi connectivity index (χ0) is 26.3. The first kappa shape index (κ1) is 25.3. The number of pyridine rings is 1. The number of aryl methyl sites for hydroxylation is 1. The van der Waals surface area contributed by atoms with Gasteiger partial charge in [0.25, 0.3) is 5.56 Å². The minimum atomic E-state index is -0.949. The first-order chi connectivity index (χ1) is 17.7. The molecule has 0 bridgehead atoms. The third-order valence-electron chi connectivity index (χ3n) is 7.91. The monoisotopic (exact) mass is 509 g/mol. The van der Waals surface area contributed by atoms with Crippen molar-refractivity contribution >= 4 is 5.82 Å². The van der Waals surface area contributed by atoms with Crippen molar-refractivity contribution in [2.24, 2.45) is 12.5 Å². The Morgan fingerprint density at radius 3 is 2.62 bits per heavy atom. The molecule has 2 aliphatic rings. The highest BCUT2D eigenvalue weighted by Crippen LogP contribution is 2.46. The summed E-state index contributed by atoms with van der Waals surface area (Å²) in [7, 11) is 1.47. The lowest BCUT2D eigenvalue weighted by Crippen LogP contribution is -2.52. The van der Waals surface area contributed by atoms with Crippen LogP contribution in [0.3, 0.4) is 0 Å². The molecule has 1 aromatic carbocycles. The number of alkyl halides is 1. The Labute approximate surface area is 215 Å². The molecule has 0 radical (unpaired) electrons. The van der Waals surface area contributed by atoms with Crippen LogP contribution in [0.4, 0.5) is 14.6 Å². The average Bonchev–Trinajstić information content (AvgIpc) is 3.70. The van der Waals surface area contributed by atoms with Gasteiger partial charge in [0.15, 0.2) is 11.6 Å². The van der Waals surface area contributed by atoms with Gasteiger partial charge in [0.1, 0.15) is 17.7 Å². The maximum absolute atomic E-state index is 15.9. The van der Waals surface area contributed by atoms with Crippen molar-refractivity contribution in [2.75, 3.05) is 4.90 Å². The van der Waals surface area contributed by atoms with Gasteiger partial charge in [0, 0.05) is 36.3 Å². The van der Waals surface area contributed by atoms with Gasteiger partial charge in [0.2, 0.25) is 0 Å². The number of nitrogens with zero attached hydrogens (tertiary/aromatic N) is 5. The van der Waals surface area contributed by atoms with Crippen molar-refractivity contribution in [1.82, 2.24) is 19.7 Å². The first-order valence-corrected chi connectivity index (χ1v) is 13.0. The molecule has 2 aromatic heterocycles. The fraction of sp³-hybridized carbons (Fsp3) is 0.500. The molecule has 37 heavy (non-hydrogen) atoms. The van der Waals surface area contributed by atoms with Gasteiger partial charge in [0.05, 0.1) is 17.8 Å². The van der Waals surface area contributed by atoms with Crippen LogP contribution in [0.25, 0.3) is 22.5 Å². The zero-order valence-corrected chi connectivity index (χ0v) is 21.5. The largest absolute Gasteiger partial charge is 0.507 e. The molecular formula is C28H33F2N5O2. The van der Waals surface area contributed by atoms with Gasteiger partial charge in [-0.05, 0) is 49.8 Å². The van der Waals surface area contributed by atoms with Crippen LogP contribution in [0.2, 0.25) is 0 Å². The summed E-state index contributed by atoms with van der Waals surface area (Å²) >= 11 is 0. The number of hydrogen-bond donors (Lipinski definition) is 1. The number of hydrogen-bond acceptors (Lipinski definition) is 6. The van der Waals surface area contributed by atoms with Crippen LogP contribution in [0, 0.1) is 11.2 Å². The Balaban J connectivity index is 1.41. The number of phenolic OH excluding ortho intramolecular Hbond substituents is 1. The summed E-state index contributed by atoms with van der Waals surface area (Å²) in [5.41, 5.74) is 0.111. The number of aromatic hydroxyl groups is 1. The highest BCUT2D eigenvalue weighted by atomic mass is 19.1. The molecule has 1 N–H and O–H groups in total. The number of benzene rings is 1. The number of halogens is 2. The fourth-order valence-corrected chi connectivity index (χ4v) is 5.78. The number of aromatic nitrogens is 4. The molecular weight excluding hydrogens is 476 g/mol. The van der Waals surface area contributed by atoms with E-state index < -0.39 is 12.0 Å². The van der Waals surface area contributed by atoms with E-state index in [0.29, 0.717) is 16.9 Å². The summed E-state index contributed by atoms with van der Waals surface area (Å²) in [6.45, 7) is 4.17. The standard InChI is InChI=1S/C28H33F2N5O2/c1-4-11-28(2)12-5-6-22(26(28)30)35(18-8-9-18)24-15-31-27(33-32-24)19-10-7-17(13-23(19)36)20-14-25(37)34(3)16-21(20)29/h7,10,13-16,18,22,26,36H,4-6,8-9,11-12H2,1-3H3/t22-,26-,28+/m0/s1. The maximum Gasteiger partial charge on any atom is 0.251 e. The van der Waals surface area contributed by atoms with Crippen LogP contribution in [0.1, 0.15) is 58.8 Å². The van der Waals surface area contributed by atoms with E-state index >= 15 is 4.39 Å². The normalized spacial score (nSPS) is 23.7. The van der Waals surface area contributed by atoms with Crippen LogP contribution in [-0.4, -0.2) is 43.1 Å². The number of anilines is 1. The molecule has 2 heterocycles. The van der Waals surface area contributed by atoms with Crippen molar-refractivity contribution in [3.8, 4) is 28.3 Å². The predicted octanol–water partition coefficient (Wildman–Crippen LogP) is 5.41. The summed E-state index contributed by atoms with van der Waals surface area (Å²) < 4.78 is 31.4. The van der Waals surface area contributed by atoms with E-state index in [-0.39, 0.29) is 40.2 Å².